The third-order valence-corrected chi connectivity index (χ3v) is 7.79. The van der Waals surface area contributed by atoms with Gasteiger partial charge in [0.05, 0.1) is 18.5 Å². The summed E-state index contributed by atoms with van der Waals surface area (Å²) < 4.78 is 5.49. The second-order valence-corrected chi connectivity index (χ2v) is 10.5. The van der Waals surface area contributed by atoms with Crippen molar-refractivity contribution in [2.45, 2.75) is 37.5 Å². The van der Waals surface area contributed by atoms with E-state index in [4.69, 9.17) is 4.74 Å². The molecule has 8 heteroatoms. The number of hydrogen-bond acceptors (Lipinski definition) is 6. The molecule has 7 nitrogen and oxygen atoms in total. The normalized spacial score (nSPS) is 15.8. The van der Waals surface area contributed by atoms with Gasteiger partial charge in [-0.05, 0) is 67.8 Å². The number of methoxy groups -OCH3 is 1. The molecule has 0 aromatic heterocycles. The monoisotopic (exact) mass is 527 g/mol. The molecule has 0 radical (unpaired) electrons. The van der Waals surface area contributed by atoms with Crippen LogP contribution in [-0.2, 0) is 14.4 Å². The summed E-state index contributed by atoms with van der Waals surface area (Å²) in [6.07, 6.45) is 3.99. The van der Waals surface area contributed by atoms with Gasteiger partial charge >= 0.3 is 0 Å². The zero-order valence-corrected chi connectivity index (χ0v) is 22.1. The van der Waals surface area contributed by atoms with E-state index in [0.717, 1.165) is 36.1 Å². The molecule has 0 saturated heterocycles. The largest absolute Gasteiger partial charge is 0.495 e. The number of benzene rings is 3. The van der Waals surface area contributed by atoms with Crippen molar-refractivity contribution in [1.29, 1.82) is 0 Å². The maximum atomic E-state index is 13.7. The SMILES string of the molecule is COc1ccc(C)cc1NC1=C(Sc2cccc(NC(=O)C3CCCC3)c2)C(=O)N(c2ccccc2)C1=O. The number of thioether (sulfide) groups is 1. The minimum absolute atomic E-state index is 0.0279. The number of carbonyl (C=O) groups excluding carboxylic acids is 3. The number of imide groups is 1. The maximum Gasteiger partial charge on any atom is 0.283 e. The first-order valence-electron chi connectivity index (χ1n) is 12.6. The Bertz CT molecular complexity index is 1410. The number of amides is 3. The lowest BCUT2D eigenvalue weighted by Gasteiger charge is -2.16. The molecular formula is C30H29N3O4S. The number of nitrogens with one attached hydrogen (secondary N) is 2. The molecule has 1 aliphatic carbocycles. The average Bonchev–Trinajstić information content (AvgIpc) is 3.53. The summed E-state index contributed by atoms with van der Waals surface area (Å²) in [6, 6.07) is 21.8. The van der Waals surface area contributed by atoms with Crippen molar-refractivity contribution in [2.75, 3.05) is 22.6 Å². The summed E-state index contributed by atoms with van der Waals surface area (Å²) >= 11 is 1.19. The number of carbonyl (C=O) groups is 3. The number of rotatable bonds is 8. The van der Waals surface area contributed by atoms with Gasteiger partial charge in [0.2, 0.25) is 5.91 Å². The lowest BCUT2D eigenvalue weighted by molar-refractivity contribution is -0.121. The van der Waals surface area contributed by atoms with Gasteiger partial charge in [-0.3, -0.25) is 14.4 Å². The van der Waals surface area contributed by atoms with Crippen molar-refractivity contribution in [2.24, 2.45) is 5.92 Å². The van der Waals surface area contributed by atoms with E-state index >= 15 is 0 Å². The molecule has 0 spiro atoms. The summed E-state index contributed by atoms with van der Waals surface area (Å²) in [4.78, 5) is 42.1. The molecule has 1 heterocycles. The van der Waals surface area contributed by atoms with E-state index in [2.05, 4.69) is 10.6 Å². The number of nitrogens with zero attached hydrogens (tertiary/aromatic N) is 1. The highest BCUT2D eigenvalue weighted by atomic mass is 32.2. The van der Waals surface area contributed by atoms with Crippen LogP contribution in [0.3, 0.4) is 0 Å². The first kappa shape index (κ1) is 25.6. The van der Waals surface area contributed by atoms with Crippen LogP contribution in [0.25, 0.3) is 0 Å². The van der Waals surface area contributed by atoms with E-state index in [9.17, 15) is 14.4 Å². The molecule has 0 atom stereocenters. The van der Waals surface area contributed by atoms with Crippen molar-refractivity contribution in [1.82, 2.24) is 0 Å². The molecule has 1 aliphatic heterocycles. The molecule has 5 rings (SSSR count). The molecule has 3 aromatic rings. The van der Waals surface area contributed by atoms with Gasteiger partial charge in [0.25, 0.3) is 11.8 Å². The van der Waals surface area contributed by atoms with Gasteiger partial charge in [-0.15, -0.1) is 0 Å². The minimum Gasteiger partial charge on any atom is -0.495 e. The fourth-order valence-corrected chi connectivity index (χ4v) is 5.76. The second-order valence-electron chi connectivity index (χ2n) is 9.41. The highest BCUT2D eigenvalue weighted by Gasteiger charge is 2.40. The Balaban J connectivity index is 1.48. The summed E-state index contributed by atoms with van der Waals surface area (Å²) in [5, 5.41) is 6.20. The van der Waals surface area contributed by atoms with Gasteiger partial charge in [-0.25, -0.2) is 4.90 Å². The molecule has 1 saturated carbocycles. The molecule has 38 heavy (non-hydrogen) atoms. The Morgan fingerprint density at radius 3 is 2.45 bits per heavy atom. The lowest BCUT2D eigenvalue weighted by atomic mass is 10.1. The van der Waals surface area contributed by atoms with Crippen molar-refractivity contribution < 1.29 is 19.1 Å². The van der Waals surface area contributed by atoms with Crippen molar-refractivity contribution >= 4 is 46.5 Å². The van der Waals surface area contributed by atoms with Crippen LogP contribution in [0.2, 0.25) is 0 Å². The van der Waals surface area contributed by atoms with Gasteiger partial charge in [-0.2, -0.15) is 0 Å². The van der Waals surface area contributed by atoms with Crippen LogP contribution in [0, 0.1) is 12.8 Å². The van der Waals surface area contributed by atoms with Crippen LogP contribution >= 0.6 is 11.8 Å². The van der Waals surface area contributed by atoms with Crippen molar-refractivity contribution in [3.8, 4) is 5.75 Å². The first-order valence-corrected chi connectivity index (χ1v) is 13.4. The van der Waals surface area contributed by atoms with Crippen LogP contribution in [0.4, 0.5) is 17.1 Å². The van der Waals surface area contributed by atoms with Crippen LogP contribution in [0.1, 0.15) is 31.2 Å². The number of anilines is 3. The van der Waals surface area contributed by atoms with Gasteiger partial charge in [-0.1, -0.05) is 54.9 Å². The smallest absolute Gasteiger partial charge is 0.283 e. The fraction of sp³-hybridized carbons (Fsp3) is 0.233. The Morgan fingerprint density at radius 1 is 0.947 bits per heavy atom. The molecule has 0 unspecified atom stereocenters. The van der Waals surface area contributed by atoms with E-state index in [1.165, 1.54) is 16.7 Å². The zero-order valence-electron chi connectivity index (χ0n) is 21.3. The quantitative estimate of drug-likeness (QED) is 0.343. The Hall–Kier alpha value is -4.04. The fourth-order valence-electron chi connectivity index (χ4n) is 4.77. The van der Waals surface area contributed by atoms with Gasteiger partial charge < -0.3 is 15.4 Å². The molecule has 2 N–H and O–H groups in total. The number of ether oxygens (including phenoxy) is 1. The van der Waals surface area contributed by atoms with Crippen LogP contribution in [-0.4, -0.2) is 24.8 Å². The minimum atomic E-state index is -0.446. The predicted octanol–water partition coefficient (Wildman–Crippen LogP) is 6.12. The van der Waals surface area contributed by atoms with E-state index in [-0.39, 0.29) is 22.4 Å². The maximum absolute atomic E-state index is 13.7. The molecule has 1 fully saturated rings. The van der Waals surface area contributed by atoms with Gasteiger partial charge in [0.1, 0.15) is 16.4 Å². The van der Waals surface area contributed by atoms with Crippen LogP contribution in [0.5, 0.6) is 5.75 Å². The molecule has 194 valence electrons. The van der Waals surface area contributed by atoms with E-state index in [0.29, 0.717) is 22.8 Å². The van der Waals surface area contributed by atoms with Crippen molar-refractivity contribution in [3.63, 3.8) is 0 Å². The van der Waals surface area contributed by atoms with Crippen molar-refractivity contribution in [3.05, 3.63) is 89.0 Å². The van der Waals surface area contributed by atoms with Gasteiger partial charge in [0, 0.05) is 16.5 Å². The molecule has 2 aliphatic rings. The van der Waals surface area contributed by atoms with Crippen LogP contribution in [0.15, 0.2) is 88.3 Å². The van der Waals surface area contributed by atoms with E-state index < -0.39 is 11.8 Å². The predicted molar refractivity (Wildman–Crippen MR) is 150 cm³/mol. The molecule has 0 bridgehead atoms. The third-order valence-electron chi connectivity index (χ3n) is 6.72. The van der Waals surface area contributed by atoms with E-state index in [1.807, 2.05) is 55.5 Å². The third kappa shape index (κ3) is 5.31. The number of aryl methyl sites for hydroxylation is 1. The van der Waals surface area contributed by atoms with E-state index in [1.54, 1.807) is 31.4 Å². The Labute approximate surface area is 226 Å². The summed E-state index contributed by atoms with van der Waals surface area (Å²) in [7, 11) is 1.56. The number of hydrogen-bond donors (Lipinski definition) is 2. The Morgan fingerprint density at radius 2 is 1.71 bits per heavy atom. The number of para-hydroxylation sites is 1. The molecule has 3 amide bonds. The highest BCUT2D eigenvalue weighted by molar-refractivity contribution is 8.04. The Kier molecular flexibility index (Phi) is 7.51. The zero-order chi connectivity index (χ0) is 26.6. The van der Waals surface area contributed by atoms with Crippen LogP contribution < -0.4 is 20.3 Å². The molecular weight excluding hydrogens is 498 g/mol. The summed E-state index contributed by atoms with van der Waals surface area (Å²) in [5.41, 5.74) is 2.90. The lowest BCUT2D eigenvalue weighted by Crippen LogP contribution is -2.32. The first-order chi connectivity index (χ1) is 18.4. The average molecular weight is 528 g/mol. The topological polar surface area (TPSA) is 87.7 Å². The molecule has 3 aromatic carbocycles. The highest BCUT2D eigenvalue weighted by Crippen LogP contribution is 2.40. The summed E-state index contributed by atoms with van der Waals surface area (Å²) in [6.45, 7) is 1.94. The van der Waals surface area contributed by atoms with Gasteiger partial charge in [0.15, 0.2) is 0 Å². The second kappa shape index (κ2) is 11.1. The summed E-state index contributed by atoms with van der Waals surface area (Å²) in [5.74, 6) is -0.233. The standard InChI is InChI=1S/C30H29N3O4S/c1-19-15-16-25(37-2)24(17-19)32-26-27(30(36)33(29(26)35)22-12-4-3-5-13-22)38-23-14-8-11-21(18-23)31-28(34)20-9-6-7-10-20/h3-5,8,11-18,20,32H,6-7,9-10H2,1-2H3,(H,31,34).